The summed E-state index contributed by atoms with van der Waals surface area (Å²) in [7, 11) is -3.70. The summed E-state index contributed by atoms with van der Waals surface area (Å²) in [6.45, 7) is 7.48. The summed E-state index contributed by atoms with van der Waals surface area (Å²) in [6.07, 6.45) is 0.693. The van der Waals surface area contributed by atoms with Gasteiger partial charge in [0.1, 0.15) is 6.61 Å². The fourth-order valence-corrected chi connectivity index (χ4v) is 3.65. The largest absolute Gasteiger partial charge is 0.490 e. The molecule has 0 spiro atoms. The van der Waals surface area contributed by atoms with E-state index in [9.17, 15) is 8.42 Å². The van der Waals surface area contributed by atoms with Crippen molar-refractivity contribution in [1.82, 2.24) is 5.32 Å². The molecule has 148 valence electrons. The zero-order valence-electron chi connectivity index (χ0n) is 16.1. The van der Waals surface area contributed by atoms with Crippen molar-refractivity contribution in [3.63, 3.8) is 0 Å². The standard InChI is InChI=1S/C20H28N2O4S/c1-4-25-18-7-5-6-8-19(18)26-12-11-22-16(3)13-17-10-9-15(2)20(14-17)27(21,23)24/h5-10,14,16,22H,4,11-13H2,1-3H3,(H2,21,23,24)/t16-/m1/s1. The van der Waals surface area contributed by atoms with Crippen molar-refractivity contribution < 1.29 is 17.9 Å². The molecule has 0 unspecified atom stereocenters. The maximum Gasteiger partial charge on any atom is 0.238 e. The Bertz CT molecular complexity index is 853. The normalized spacial score (nSPS) is 12.6. The SMILES string of the molecule is CCOc1ccccc1OCCN[C@H](C)Cc1ccc(C)c(S(N)(=O)=O)c1. The van der Waals surface area contributed by atoms with Gasteiger partial charge in [-0.3, -0.25) is 0 Å². The van der Waals surface area contributed by atoms with Crippen molar-refractivity contribution in [3.8, 4) is 11.5 Å². The van der Waals surface area contributed by atoms with Crippen LogP contribution in [0, 0.1) is 6.92 Å². The smallest absolute Gasteiger partial charge is 0.238 e. The van der Waals surface area contributed by atoms with Gasteiger partial charge in [-0.05, 0) is 56.5 Å². The molecule has 0 fully saturated rings. The van der Waals surface area contributed by atoms with E-state index in [0.29, 0.717) is 31.7 Å². The number of aryl methyl sites for hydroxylation is 1. The number of nitrogens with two attached hydrogens (primary N) is 1. The number of nitrogens with one attached hydrogen (secondary N) is 1. The minimum absolute atomic E-state index is 0.159. The fraction of sp³-hybridized carbons (Fsp3) is 0.400. The molecule has 2 aromatic rings. The summed E-state index contributed by atoms with van der Waals surface area (Å²) in [5.74, 6) is 1.47. The molecule has 0 amide bonds. The maximum atomic E-state index is 11.6. The van der Waals surface area contributed by atoms with Crippen LogP contribution < -0.4 is 19.9 Å². The van der Waals surface area contributed by atoms with E-state index in [1.807, 2.05) is 44.2 Å². The molecule has 0 aliphatic heterocycles. The Kier molecular flexibility index (Phi) is 7.65. The van der Waals surface area contributed by atoms with Crippen LogP contribution in [-0.2, 0) is 16.4 Å². The predicted octanol–water partition coefficient (Wildman–Crippen LogP) is 2.64. The summed E-state index contributed by atoms with van der Waals surface area (Å²) in [4.78, 5) is 0.183. The lowest BCUT2D eigenvalue weighted by atomic mass is 10.1. The van der Waals surface area contributed by atoms with Crippen LogP contribution in [0.25, 0.3) is 0 Å². The highest BCUT2D eigenvalue weighted by Crippen LogP contribution is 2.26. The molecule has 0 saturated heterocycles. The lowest BCUT2D eigenvalue weighted by Gasteiger charge is -2.16. The van der Waals surface area contributed by atoms with Crippen LogP contribution in [0.5, 0.6) is 11.5 Å². The van der Waals surface area contributed by atoms with Crippen molar-refractivity contribution in [2.45, 2.75) is 38.1 Å². The van der Waals surface area contributed by atoms with Crippen molar-refractivity contribution in [3.05, 3.63) is 53.6 Å². The van der Waals surface area contributed by atoms with E-state index in [2.05, 4.69) is 5.32 Å². The average molecular weight is 393 g/mol. The number of benzene rings is 2. The van der Waals surface area contributed by atoms with Gasteiger partial charge >= 0.3 is 0 Å². The van der Waals surface area contributed by atoms with Crippen LogP contribution >= 0.6 is 0 Å². The molecule has 3 N–H and O–H groups in total. The molecule has 2 aromatic carbocycles. The monoisotopic (exact) mass is 392 g/mol. The summed E-state index contributed by atoms with van der Waals surface area (Å²) >= 11 is 0. The summed E-state index contributed by atoms with van der Waals surface area (Å²) < 4.78 is 34.6. The molecular weight excluding hydrogens is 364 g/mol. The third-order valence-electron chi connectivity index (χ3n) is 4.10. The van der Waals surface area contributed by atoms with Crippen LogP contribution in [0.4, 0.5) is 0 Å². The molecule has 0 aromatic heterocycles. The topological polar surface area (TPSA) is 90.7 Å². The van der Waals surface area contributed by atoms with E-state index in [1.165, 1.54) is 0 Å². The van der Waals surface area contributed by atoms with Crippen LogP contribution in [0.3, 0.4) is 0 Å². The molecule has 7 heteroatoms. The molecule has 6 nitrogen and oxygen atoms in total. The first kappa shape index (κ1) is 21.2. The van der Waals surface area contributed by atoms with Crippen molar-refractivity contribution in [1.29, 1.82) is 0 Å². The third kappa shape index (κ3) is 6.53. The van der Waals surface area contributed by atoms with E-state index >= 15 is 0 Å². The zero-order chi connectivity index (χ0) is 19.9. The number of sulfonamides is 1. The van der Waals surface area contributed by atoms with Gasteiger partial charge in [-0.2, -0.15) is 0 Å². The van der Waals surface area contributed by atoms with Gasteiger partial charge < -0.3 is 14.8 Å². The molecule has 0 heterocycles. The van der Waals surface area contributed by atoms with Crippen molar-refractivity contribution in [2.24, 2.45) is 5.14 Å². The highest BCUT2D eigenvalue weighted by molar-refractivity contribution is 7.89. The summed E-state index contributed by atoms with van der Waals surface area (Å²) in [6, 6.07) is 13.1. The van der Waals surface area contributed by atoms with Crippen LogP contribution in [0.1, 0.15) is 25.0 Å². The fourth-order valence-electron chi connectivity index (χ4n) is 2.81. The van der Waals surface area contributed by atoms with E-state index in [0.717, 1.165) is 17.1 Å². The van der Waals surface area contributed by atoms with Crippen LogP contribution in [0.15, 0.2) is 47.4 Å². The summed E-state index contributed by atoms with van der Waals surface area (Å²) in [5, 5.41) is 8.65. The molecule has 0 radical (unpaired) electrons. The van der Waals surface area contributed by atoms with Crippen LogP contribution in [0.2, 0.25) is 0 Å². The van der Waals surface area contributed by atoms with Gasteiger partial charge in [0.15, 0.2) is 11.5 Å². The first-order valence-corrected chi connectivity index (χ1v) is 10.6. The third-order valence-corrected chi connectivity index (χ3v) is 5.16. The second-order valence-corrected chi connectivity index (χ2v) is 7.96. The number of para-hydroxylation sites is 2. The Hall–Kier alpha value is -2.09. The molecule has 27 heavy (non-hydrogen) atoms. The van der Waals surface area contributed by atoms with E-state index in [1.54, 1.807) is 19.1 Å². The Morgan fingerprint density at radius 3 is 2.41 bits per heavy atom. The lowest BCUT2D eigenvalue weighted by molar-refractivity contribution is 0.272. The summed E-state index contributed by atoms with van der Waals surface area (Å²) in [5.41, 5.74) is 1.58. The van der Waals surface area contributed by atoms with Crippen molar-refractivity contribution >= 4 is 10.0 Å². The number of hydrogen-bond donors (Lipinski definition) is 2. The second kappa shape index (κ2) is 9.73. The van der Waals surface area contributed by atoms with E-state index in [4.69, 9.17) is 14.6 Å². The first-order chi connectivity index (χ1) is 12.8. The Balaban J connectivity index is 1.84. The first-order valence-electron chi connectivity index (χ1n) is 9.01. The molecule has 0 aliphatic rings. The molecular formula is C20H28N2O4S. The number of hydrogen-bond acceptors (Lipinski definition) is 5. The van der Waals surface area contributed by atoms with Gasteiger partial charge in [0.05, 0.1) is 11.5 Å². The molecule has 2 rings (SSSR count). The van der Waals surface area contributed by atoms with Crippen LogP contribution in [-0.4, -0.2) is 34.2 Å². The maximum absolute atomic E-state index is 11.6. The molecule has 0 aliphatic carbocycles. The highest BCUT2D eigenvalue weighted by atomic mass is 32.2. The predicted molar refractivity (Wildman–Crippen MR) is 107 cm³/mol. The van der Waals surface area contributed by atoms with Gasteiger partial charge in [0.2, 0.25) is 10.0 Å². The minimum atomic E-state index is -3.70. The molecule has 0 saturated carbocycles. The van der Waals surface area contributed by atoms with Gasteiger partial charge in [-0.1, -0.05) is 24.3 Å². The minimum Gasteiger partial charge on any atom is -0.490 e. The Morgan fingerprint density at radius 2 is 1.78 bits per heavy atom. The quantitative estimate of drug-likeness (QED) is 0.607. The zero-order valence-corrected chi connectivity index (χ0v) is 16.9. The number of rotatable bonds is 10. The number of ether oxygens (including phenoxy) is 2. The Labute approximate surface area is 161 Å². The average Bonchev–Trinajstić information content (AvgIpc) is 2.61. The number of primary sulfonamides is 1. The highest BCUT2D eigenvalue weighted by Gasteiger charge is 2.13. The van der Waals surface area contributed by atoms with Gasteiger partial charge in [-0.25, -0.2) is 13.6 Å². The van der Waals surface area contributed by atoms with Gasteiger partial charge in [0, 0.05) is 12.6 Å². The van der Waals surface area contributed by atoms with E-state index < -0.39 is 10.0 Å². The van der Waals surface area contributed by atoms with Crippen molar-refractivity contribution in [2.75, 3.05) is 19.8 Å². The second-order valence-electron chi connectivity index (χ2n) is 6.43. The van der Waals surface area contributed by atoms with E-state index in [-0.39, 0.29) is 10.9 Å². The molecule has 1 atom stereocenters. The van der Waals surface area contributed by atoms with Gasteiger partial charge in [-0.15, -0.1) is 0 Å². The lowest BCUT2D eigenvalue weighted by Crippen LogP contribution is -2.32. The van der Waals surface area contributed by atoms with Gasteiger partial charge in [0.25, 0.3) is 0 Å². The molecule has 0 bridgehead atoms. The Morgan fingerprint density at radius 1 is 1.11 bits per heavy atom.